The standard InChI is InChI=1S/C17H20F3N3O3/c1-11(24)22-6-3-12(4-7-22)16(25)23-9-14(10-23)26-15-8-13(2-5-21-15)17(18,19)20/h2,5,8,12,14H,3-4,6-7,9-10H2,1H3. The number of aromatic nitrogens is 1. The molecule has 9 heteroatoms. The molecule has 0 radical (unpaired) electrons. The number of pyridine rings is 1. The molecule has 2 fully saturated rings. The normalized spacial score (nSPS) is 19.2. The number of piperidine rings is 1. The number of alkyl halides is 3. The van der Waals surface area contributed by atoms with Crippen LogP contribution in [-0.2, 0) is 15.8 Å². The molecule has 2 amide bonds. The van der Waals surface area contributed by atoms with Crippen LogP contribution in [0.2, 0.25) is 0 Å². The summed E-state index contributed by atoms with van der Waals surface area (Å²) in [7, 11) is 0. The third-order valence-corrected chi connectivity index (χ3v) is 4.80. The van der Waals surface area contributed by atoms with Crippen LogP contribution in [0.5, 0.6) is 5.88 Å². The maximum absolute atomic E-state index is 12.7. The van der Waals surface area contributed by atoms with Crippen molar-refractivity contribution in [3.8, 4) is 5.88 Å². The number of carbonyl (C=O) groups excluding carboxylic acids is 2. The van der Waals surface area contributed by atoms with Crippen LogP contribution in [0.1, 0.15) is 25.3 Å². The molecule has 26 heavy (non-hydrogen) atoms. The summed E-state index contributed by atoms with van der Waals surface area (Å²) in [4.78, 5) is 30.9. The van der Waals surface area contributed by atoms with Crippen LogP contribution >= 0.6 is 0 Å². The number of nitrogens with zero attached hydrogens (tertiary/aromatic N) is 3. The maximum Gasteiger partial charge on any atom is 0.416 e. The Bertz CT molecular complexity index is 681. The number of hydrogen-bond donors (Lipinski definition) is 0. The first-order chi connectivity index (χ1) is 12.2. The molecule has 0 aliphatic carbocycles. The van der Waals surface area contributed by atoms with Crippen molar-refractivity contribution in [2.24, 2.45) is 5.92 Å². The molecule has 6 nitrogen and oxygen atoms in total. The van der Waals surface area contributed by atoms with Gasteiger partial charge in [-0.2, -0.15) is 13.2 Å². The van der Waals surface area contributed by atoms with Gasteiger partial charge in [0.05, 0.1) is 18.7 Å². The highest BCUT2D eigenvalue weighted by Crippen LogP contribution is 2.31. The molecule has 1 aromatic heterocycles. The lowest BCUT2D eigenvalue weighted by Gasteiger charge is -2.42. The van der Waals surface area contributed by atoms with Gasteiger partial charge in [0.2, 0.25) is 17.7 Å². The zero-order chi connectivity index (χ0) is 18.9. The molecule has 0 unspecified atom stereocenters. The summed E-state index contributed by atoms with van der Waals surface area (Å²) in [6.45, 7) is 3.34. The fourth-order valence-corrected chi connectivity index (χ4v) is 3.21. The molecule has 2 saturated heterocycles. The van der Waals surface area contributed by atoms with E-state index in [-0.39, 0.29) is 29.7 Å². The SMILES string of the molecule is CC(=O)N1CCC(C(=O)N2CC(Oc3cc(C(F)(F)F)ccn3)C2)CC1. The van der Waals surface area contributed by atoms with Crippen LogP contribution < -0.4 is 4.74 Å². The number of hydrogen-bond acceptors (Lipinski definition) is 4. The average Bonchev–Trinajstić information content (AvgIpc) is 2.57. The predicted molar refractivity (Wildman–Crippen MR) is 85.2 cm³/mol. The van der Waals surface area contributed by atoms with E-state index in [1.807, 2.05) is 0 Å². The third-order valence-electron chi connectivity index (χ3n) is 4.80. The number of rotatable bonds is 3. The summed E-state index contributed by atoms with van der Waals surface area (Å²) in [5.74, 6) is -0.170. The van der Waals surface area contributed by atoms with E-state index in [9.17, 15) is 22.8 Å². The van der Waals surface area contributed by atoms with Crippen LogP contribution in [-0.4, -0.2) is 58.9 Å². The Morgan fingerprint density at radius 2 is 1.85 bits per heavy atom. The summed E-state index contributed by atoms with van der Waals surface area (Å²) in [6.07, 6.45) is -2.47. The second kappa shape index (κ2) is 7.13. The van der Waals surface area contributed by atoms with Gasteiger partial charge in [0, 0.05) is 38.2 Å². The van der Waals surface area contributed by atoms with Crippen LogP contribution in [0.15, 0.2) is 18.3 Å². The molecular weight excluding hydrogens is 351 g/mol. The second-order valence-electron chi connectivity index (χ2n) is 6.64. The van der Waals surface area contributed by atoms with Crippen molar-refractivity contribution in [1.82, 2.24) is 14.8 Å². The Hall–Kier alpha value is -2.32. The van der Waals surface area contributed by atoms with Gasteiger partial charge >= 0.3 is 6.18 Å². The molecule has 3 rings (SSSR count). The van der Waals surface area contributed by atoms with Crippen molar-refractivity contribution < 1.29 is 27.5 Å². The van der Waals surface area contributed by atoms with E-state index < -0.39 is 11.7 Å². The lowest BCUT2D eigenvalue weighted by molar-refractivity contribution is -0.147. The smallest absolute Gasteiger partial charge is 0.416 e. The van der Waals surface area contributed by atoms with Gasteiger partial charge < -0.3 is 14.5 Å². The molecule has 0 atom stereocenters. The highest BCUT2D eigenvalue weighted by Gasteiger charge is 2.38. The quantitative estimate of drug-likeness (QED) is 0.815. The fourth-order valence-electron chi connectivity index (χ4n) is 3.21. The topological polar surface area (TPSA) is 62.7 Å². The van der Waals surface area contributed by atoms with E-state index in [4.69, 9.17) is 4.74 Å². The summed E-state index contributed by atoms with van der Waals surface area (Å²) in [5.41, 5.74) is -0.813. The molecule has 3 heterocycles. The number of likely N-dealkylation sites (tertiary alicyclic amines) is 2. The van der Waals surface area contributed by atoms with Crippen molar-refractivity contribution in [3.63, 3.8) is 0 Å². The number of ether oxygens (including phenoxy) is 1. The first-order valence-electron chi connectivity index (χ1n) is 8.48. The minimum absolute atomic E-state index is 0.0156. The largest absolute Gasteiger partial charge is 0.471 e. The van der Waals surface area contributed by atoms with Gasteiger partial charge in [-0.15, -0.1) is 0 Å². The van der Waals surface area contributed by atoms with E-state index >= 15 is 0 Å². The van der Waals surface area contributed by atoms with Gasteiger partial charge in [-0.3, -0.25) is 9.59 Å². The number of carbonyl (C=O) groups is 2. The molecule has 0 saturated carbocycles. The zero-order valence-electron chi connectivity index (χ0n) is 14.3. The number of amides is 2. The Kier molecular flexibility index (Phi) is 5.06. The number of halogens is 3. The molecule has 0 bridgehead atoms. The zero-order valence-corrected chi connectivity index (χ0v) is 14.3. The molecule has 1 aromatic rings. The Morgan fingerprint density at radius 3 is 2.42 bits per heavy atom. The predicted octanol–water partition coefficient (Wildman–Crippen LogP) is 1.95. The highest BCUT2D eigenvalue weighted by atomic mass is 19.4. The Labute approximate surface area is 148 Å². The fraction of sp³-hybridized carbons (Fsp3) is 0.588. The van der Waals surface area contributed by atoms with E-state index in [0.717, 1.165) is 18.3 Å². The van der Waals surface area contributed by atoms with Crippen molar-refractivity contribution in [2.75, 3.05) is 26.2 Å². The van der Waals surface area contributed by atoms with Gasteiger partial charge in [0.1, 0.15) is 6.10 Å². The molecule has 2 aliphatic heterocycles. The summed E-state index contributed by atoms with van der Waals surface area (Å²) in [5, 5.41) is 0. The van der Waals surface area contributed by atoms with Gasteiger partial charge in [-0.05, 0) is 18.9 Å². The molecule has 2 aliphatic rings. The van der Waals surface area contributed by atoms with Crippen LogP contribution in [0.25, 0.3) is 0 Å². The van der Waals surface area contributed by atoms with Crippen molar-refractivity contribution in [2.45, 2.75) is 32.0 Å². The third kappa shape index (κ3) is 4.08. The maximum atomic E-state index is 12.7. The lowest BCUT2D eigenvalue weighted by atomic mass is 9.93. The second-order valence-corrected chi connectivity index (χ2v) is 6.64. The average molecular weight is 371 g/mol. The van der Waals surface area contributed by atoms with Crippen LogP contribution in [0.4, 0.5) is 13.2 Å². The first kappa shape index (κ1) is 18.5. The molecule has 0 spiro atoms. The monoisotopic (exact) mass is 371 g/mol. The summed E-state index contributed by atoms with van der Waals surface area (Å²) >= 11 is 0. The van der Waals surface area contributed by atoms with E-state index in [1.165, 1.54) is 6.92 Å². The first-order valence-corrected chi connectivity index (χ1v) is 8.48. The van der Waals surface area contributed by atoms with Crippen molar-refractivity contribution in [1.29, 1.82) is 0 Å². The van der Waals surface area contributed by atoms with Crippen LogP contribution in [0.3, 0.4) is 0 Å². The Morgan fingerprint density at radius 1 is 1.19 bits per heavy atom. The van der Waals surface area contributed by atoms with Crippen LogP contribution in [0, 0.1) is 5.92 Å². The van der Waals surface area contributed by atoms with Gasteiger partial charge in [0.15, 0.2) is 0 Å². The van der Waals surface area contributed by atoms with Crippen molar-refractivity contribution in [3.05, 3.63) is 23.9 Å². The van der Waals surface area contributed by atoms with E-state index in [2.05, 4.69) is 4.98 Å². The molecule has 142 valence electrons. The van der Waals surface area contributed by atoms with Gasteiger partial charge in [-0.1, -0.05) is 0 Å². The summed E-state index contributed by atoms with van der Waals surface area (Å²) in [6, 6.07) is 1.75. The van der Waals surface area contributed by atoms with Crippen molar-refractivity contribution >= 4 is 11.8 Å². The lowest BCUT2D eigenvalue weighted by Crippen LogP contribution is -2.58. The molecule has 0 N–H and O–H groups in total. The van der Waals surface area contributed by atoms with E-state index in [1.54, 1.807) is 9.80 Å². The molecule has 0 aromatic carbocycles. The van der Waals surface area contributed by atoms with E-state index in [0.29, 0.717) is 39.0 Å². The van der Waals surface area contributed by atoms with Gasteiger partial charge in [0.25, 0.3) is 0 Å². The highest BCUT2D eigenvalue weighted by molar-refractivity contribution is 5.80. The molecular formula is C17H20F3N3O3. The van der Waals surface area contributed by atoms with Gasteiger partial charge in [-0.25, -0.2) is 4.98 Å². The Balaban J connectivity index is 1.47. The minimum Gasteiger partial charge on any atom is -0.471 e. The summed E-state index contributed by atoms with van der Waals surface area (Å²) < 4.78 is 43.5. The minimum atomic E-state index is -4.45.